The molecule has 48 heavy (non-hydrogen) atoms. The number of aromatic hydroxyl groups is 4. The van der Waals surface area contributed by atoms with Crippen molar-refractivity contribution in [2.45, 2.75) is 17.1 Å². The lowest BCUT2D eigenvalue weighted by atomic mass is 10.1. The molecular formula is C29H32N3O13PS2. The van der Waals surface area contributed by atoms with Crippen LogP contribution in [0.1, 0.15) is 11.1 Å². The second-order valence-corrected chi connectivity index (χ2v) is 15.0. The molecule has 19 heteroatoms. The van der Waals surface area contributed by atoms with E-state index in [-0.39, 0.29) is 89.7 Å². The van der Waals surface area contributed by atoms with Crippen LogP contribution in [0.3, 0.4) is 0 Å². The number of ether oxygens (including phenoxy) is 2. The van der Waals surface area contributed by atoms with Crippen molar-refractivity contribution in [3.8, 4) is 34.5 Å². The molecule has 16 nitrogen and oxygen atoms in total. The zero-order valence-corrected chi connectivity index (χ0v) is 27.5. The molecule has 0 unspecified atom stereocenters. The highest BCUT2D eigenvalue weighted by atomic mass is 32.2. The van der Waals surface area contributed by atoms with Gasteiger partial charge in [0.25, 0.3) is 10.0 Å². The molecule has 0 spiro atoms. The SMILES string of the molecule is O=C(Cc1ccc(O)c(O)c1)NCCOc1cc2cc(S(=O)(=O)NCP(=O)(O)O)sc2cc1OCCNC(=O)Cc1ccc(O)c(O)c1. The van der Waals surface area contributed by atoms with Crippen LogP contribution >= 0.6 is 18.9 Å². The summed E-state index contributed by atoms with van der Waals surface area (Å²) < 4.78 is 50.3. The van der Waals surface area contributed by atoms with Crippen LogP contribution in [0.4, 0.5) is 0 Å². The number of sulfonamides is 1. The monoisotopic (exact) mass is 725 g/mol. The molecule has 0 fully saturated rings. The van der Waals surface area contributed by atoms with E-state index in [1.54, 1.807) is 0 Å². The Balaban J connectivity index is 1.41. The Hall–Kier alpha value is -4.58. The van der Waals surface area contributed by atoms with Crippen LogP contribution in [-0.4, -0.2) is 83.0 Å². The number of phenolic OH excluding ortho intramolecular Hbond substituents is 4. The van der Waals surface area contributed by atoms with E-state index >= 15 is 0 Å². The summed E-state index contributed by atoms with van der Waals surface area (Å²) in [5.74, 6) is -1.75. The van der Waals surface area contributed by atoms with Gasteiger partial charge >= 0.3 is 7.60 Å². The fraction of sp³-hybridized carbons (Fsp3) is 0.241. The van der Waals surface area contributed by atoms with Crippen molar-refractivity contribution in [2.24, 2.45) is 0 Å². The van der Waals surface area contributed by atoms with Gasteiger partial charge in [-0.2, -0.15) is 4.72 Å². The predicted octanol–water partition coefficient (Wildman–Crippen LogP) is 1.61. The molecule has 9 N–H and O–H groups in total. The number of carbonyl (C=O) groups is 2. The molecule has 1 heterocycles. The molecule has 0 bridgehead atoms. The fourth-order valence-electron chi connectivity index (χ4n) is 4.18. The molecule has 4 rings (SSSR count). The van der Waals surface area contributed by atoms with E-state index in [1.807, 2.05) is 4.72 Å². The molecule has 1 aromatic heterocycles. The molecule has 2 amide bonds. The van der Waals surface area contributed by atoms with E-state index in [9.17, 15) is 43.0 Å². The number of hydrogen-bond acceptors (Lipinski definition) is 12. The van der Waals surface area contributed by atoms with Crippen molar-refractivity contribution >= 4 is 50.9 Å². The van der Waals surface area contributed by atoms with E-state index in [4.69, 9.17) is 19.3 Å². The number of carbonyl (C=O) groups excluding carboxylic acids is 2. The molecule has 0 saturated carbocycles. The van der Waals surface area contributed by atoms with Gasteiger partial charge in [-0.05, 0) is 52.9 Å². The zero-order valence-electron chi connectivity index (χ0n) is 25.0. The average molecular weight is 726 g/mol. The van der Waals surface area contributed by atoms with Gasteiger partial charge < -0.3 is 50.3 Å². The van der Waals surface area contributed by atoms with Crippen molar-refractivity contribution in [3.63, 3.8) is 0 Å². The molecule has 0 radical (unpaired) electrons. The van der Waals surface area contributed by atoms with E-state index in [1.165, 1.54) is 54.6 Å². The Bertz CT molecular complexity index is 1850. The summed E-state index contributed by atoms with van der Waals surface area (Å²) >= 11 is 0.823. The van der Waals surface area contributed by atoms with Crippen molar-refractivity contribution in [3.05, 3.63) is 65.7 Å². The third-order valence-electron chi connectivity index (χ3n) is 6.46. The quantitative estimate of drug-likeness (QED) is 0.0452. The lowest BCUT2D eigenvalue weighted by Gasteiger charge is -2.14. The van der Waals surface area contributed by atoms with Crippen LogP contribution in [0, 0.1) is 0 Å². The summed E-state index contributed by atoms with van der Waals surface area (Å²) in [5, 5.41) is 43.8. The van der Waals surface area contributed by atoms with E-state index in [0.29, 0.717) is 21.2 Å². The second-order valence-electron chi connectivity index (χ2n) is 10.3. The summed E-state index contributed by atoms with van der Waals surface area (Å²) in [6.07, 6.45) is -1.22. The standard InChI is InChI=1S/C29H32N3O13PS2/c33-20-3-1-17(9-22(20)35)11-27(37)30-5-7-44-24-13-19-14-29(48(42,43)32-16-46(39,40)41)47-26(19)15-25(24)45-8-6-31-28(38)12-18-2-4-21(34)23(36)10-18/h1-4,9-10,13-15,32-36H,5-8,11-12,16H2,(H,30,37)(H,31,38)(H2,39,40,41). The Morgan fingerprint density at radius 1 is 0.729 bits per heavy atom. The number of amides is 2. The highest BCUT2D eigenvalue weighted by Crippen LogP contribution is 2.39. The summed E-state index contributed by atoms with van der Waals surface area (Å²) in [4.78, 5) is 42.8. The minimum atomic E-state index is -4.66. The lowest BCUT2D eigenvalue weighted by Crippen LogP contribution is -2.30. The molecule has 0 atom stereocenters. The Morgan fingerprint density at radius 3 is 1.71 bits per heavy atom. The van der Waals surface area contributed by atoms with Crippen LogP contribution in [-0.2, 0) is 37.0 Å². The third-order valence-corrected chi connectivity index (χ3v) is 10.2. The van der Waals surface area contributed by atoms with Crippen LogP contribution in [0.25, 0.3) is 10.1 Å². The first kappa shape index (κ1) is 36.3. The second kappa shape index (κ2) is 15.5. The first-order valence-electron chi connectivity index (χ1n) is 14.0. The Kier molecular flexibility index (Phi) is 11.7. The van der Waals surface area contributed by atoms with Gasteiger partial charge in [-0.1, -0.05) is 12.1 Å². The summed E-state index contributed by atoms with van der Waals surface area (Å²) in [7, 11) is -8.92. The van der Waals surface area contributed by atoms with Crippen LogP contribution in [0.2, 0.25) is 0 Å². The maximum absolute atomic E-state index is 12.7. The van der Waals surface area contributed by atoms with Gasteiger partial charge in [0.2, 0.25) is 11.8 Å². The van der Waals surface area contributed by atoms with Crippen molar-refractivity contribution in [1.82, 2.24) is 15.4 Å². The number of benzene rings is 3. The highest BCUT2D eigenvalue weighted by molar-refractivity contribution is 7.92. The van der Waals surface area contributed by atoms with Gasteiger partial charge in [-0.25, -0.2) is 8.42 Å². The molecule has 258 valence electrons. The average Bonchev–Trinajstić information content (AvgIpc) is 3.44. The maximum Gasteiger partial charge on any atom is 0.340 e. The van der Waals surface area contributed by atoms with Gasteiger partial charge in [-0.3, -0.25) is 14.2 Å². The van der Waals surface area contributed by atoms with Crippen molar-refractivity contribution < 1.29 is 62.3 Å². The van der Waals surface area contributed by atoms with Gasteiger partial charge in [-0.15, -0.1) is 11.3 Å². The number of nitrogens with one attached hydrogen (secondary N) is 3. The molecule has 0 aliphatic heterocycles. The number of hydrogen-bond donors (Lipinski definition) is 9. The topological polar surface area (TPSA) is 261 Å². The van der Waals surface area contributed by atoms with Crippen LogP contribution < -0.4 is 24.8 Å². The van der Waals surface area contributed by atoms with E-state index < -0.39 is 23.9 Å². The van der Waals surface area contributed by atoms with E-state index in [0.717, 1.165) is 11.3 Å². The number of thiophene rings is 1. The summed E-state index contributed by atoms with van der Waals surface area (Å²) in [6, 6.07) is 12.3. The minimum absolute atomic E-state index is 0.0367. The largest absolute Gasteiger partial charge is 0.504 e. The predicted molar refractivity (Wildman–Crippen MR) is 173 cm³/mol. The normalized spacial score (nSPS) is 11.7. The molecule has 0 saturated heterocycles. The van der Waals surface area contributed by atoms with Gasteiger partial charge in [0.1, 0.15) is 23.7 Å². The lowest BCUT2D eigenvalue weighted by molar-refractivity contribution is -0.121. The van der Waals surface area contributed by atoms with Gasteiger partial charge in [0.05, 0.1) is 25.9 Å². The Morgan fingerprint density at radius 2 is 1.23 bits per heavy atom. The first-order valence-corrected chi connectivity index (χ1v) is 18.1. The molecule has 3 aromatic carbocycles. The Labute approximate surface area is 277 Å². The van der Waals surface area contributed by atoms with Gasteiger partial charge in [0.15, 0.2) is 34.5 Å². The number of phenols is 4. The third kappa shape index (κ3) is 10.5. The van der Waals surface area contributed by atoms with Crippen LogP contribution in [0.15, 0.2) is 58.8 Å². The molecule has 0 aliphatic rings. The number of rotatable bonds is 16. The smallest absolute Gasteiger partial charge is 0.340 e. The molecule has 4 aromatic rings. The summed E-state index contributed by atoms with van der Waals surface area (Å²) in [6.45, 7) is 0.0349. The van der Waals surface area contributed by atoms with Crippen LogP contribution in [0.5, 0.6) is 34.5 Å². The molecular weight excluding hydrogens is 693 g/mol. The van der Waals surface area contributed by atoms with Crippen molar-refractivity contribution in [2.75, 3.05) is 32.6 Å². The molecule has 0 aliphatic carbocycles. The summed E-state index contributed by atoms with van der Waals surface area (Å²) in [5.41, 5.74) is 0.938. The minimum Gasteiger partial charge on any atom is -0.504 e. The van der Waals surface area contributed by atoms with Gasteiger partial charge in [0, 0.05) is 10.8 Å². The zero-order chi connectivity index (χ0) is 35.1. The number of fused-ring (bicyclic) bond motifs is 1. The first-order chi connectivity index (χ1) is 22.6. The highest BCUT2D eigenvalue weighted by Gasteiger charge is 2.23. The fourth-order valence-corrected chi connectivity index (χ4v) is 7.64. The maximum atomic E-state index is 12.7. The van der Waals surface area contributed by atoms with Crippen molar-refractivity contribution in [1.29, 1.82) is 0 Å². The van der Waals surface area contributed by atoms with E-state index in [2.05, 4.69) is 10.6 Å².